The minimum absolute atomic E-state index is 0.714. The van der Waals surface area contributed by atoms with Crippen LogP contribution in [-0.4, -0.2) is 0 Å². The van der Waals surface area contributed by atoms with Crippen molar-refractivity contribution in [1.82, 2.24) is 0 Å². The van der Waals surface area contributed by atoms with Crippen LogP contribution in [0.4, 0.5) is 0 Å². The molecule has 0 fully saturated rings. The summed E-state index contributed by atoms with van der Waals surface area (Å²) in [5.74, 6) is 1.43. The third kappa shape index (κ3) is 5.19. The minimum atomic E-state index is 0.714. The van der Waals surface area contributed by atoms with Gasteiger partial charge in [0.1, 0.15) is 0 Å². The second kappa shape index (κ2) is 8.87. The Bertz CT molecular complexity index is 491. The second-order valence-electron chi connectivity index (χ2n) is 6.36. The van der Waals surface area contributed by atoms with Gasteiger partial charge >= 0.3 is 0 Å². The Hall–Kier alpha value is -1.30. The van der Waals surface area contributed by atoms with E-state index in [9.17, 15) is 0 Å². The Balaban J connectivity index is 2.78. The molecule has 0 aliphatic carbocycles. The van der Waals surface area contributed by atoms with Crippen LogP contribution in [0.15, 0.2) is 36.4 Å². The van der Waals surface area contributed by atoms with Gasteiger partial charge < -0.3 is 0 Å². The molecule has 0 amide bonds. The van der Waals surface area contributed by atoms with Gasteiger partial charge in [0, 0.05) is 0 Å². The van der Waals surface area contributed by atoms with Crippen molar-refractivity contribution in [3.63, 3.8) is 0 Å². The Morgan fingerprint density at radius 1 is 0.952 bits per heavy atom. The van der Waals surface area contributed by atoms with Crippen molar-refractivity contribution in [3.05, 3.63) is 58.7 Å². The van der Waals surface area contributed by atoms with Crippen molar-refractivity contribution in [2.24, 2.45) is 11.8 Å². The summed E-state index contributed by atoms with van der Waals surface area (Å²) in [4.78, 5) is 0. The van der Waals surface area contributed by atoms with Crippen LogP contribution < -0.4 is 0 Å². The van der Waals surface area contributed by atoms with E-state index in [0.29, 0.717) is 5.92 Å². The molecular formula is C21H32. The third-order valence-corrected chi connectivity index (χ3v) is 4.70. The van der Waals surface area contributed by atoms with Crippen molar-refractivity contribution in [3.8, 4) is 0 Å². The molecule has 116 valence electrons. The van der Waals surface area contributed by atoms with Crippen LogP contribution in [0.3, 0.4) is 0 Å². The lowest BCUT2D eigenvalue weighted by atomic mass is 9.83. The van der Waals surface area contributed by atoms with Gasteiger partial charge in [0.15, 0.2) is 0 Å². The first-order valence-electron chi connectivity index (χ1n) is 8.37. The molecule has 0 aliphatic rings. The van der Waals surface area contributed by atoms with Gasteiger partial charge in [0.2, 0.25) is 0 Å². The summed E-state index contributed by atoms with van der Waals surface area (Å²) in [6.07, 6.45) is 12.2. The Morgan fingerprint density at radius 2 is 1.57 bits per heavy atom. The largest absolute Gasteiger partial charge is 0.0877 e. The van der Waals surface area contributed by atoms with E-state index < -0.39 is 0 Å². The first kappa shape index (κ1) is 17.8. The molecule has 0 nitrogen and oxygen atoms in total. The topological polar surface area (TPSA) is 0 Å². The number of benzene rings is 1. The minimum Gasteiger partial charge on any atom is -0.0877 e. The number of aryl methyl sites for hydroxylation is 2. The molecule has 0 saturated carbocycles. The van der Waals surface area contributed by atoms with Crippen LogP contribution in [-0.2, 0) is 12.8 Å². The molecule has 21 heavy (non-hydrogen) atoms. The Labute approximate surface area is 132 Å². The summed E-state index contributed by atoms with van der Waals surface area (Å²) >= 11 is 0. The highest BCUT2D eigenvalue weighted by atomic mass is 14.2. The lowest BCUT2D eigenvalue weighted by molar-refractivity contribution is 0.388. The molecule has 2 atom stereocenters. The number of hydrogen-bond donors (Lipinski definition) is 0. The highest BCUT2D eigenvalue weighted by Crippen LogP contribution is 2.26. The Morgan fingerprint density at radius 3 is 2.14 bits per heavy atom. The SMILES string of the molecule is C/C=C\C=CCC(C)C(C)Cc1c(C)ccc(C)c1CC. The van der Waals surface area contributed by atoms with E-state index in [-0.39, 0.29) is 0 Å². The van der Waals surface area contributed by atoms with Gasteiger partial charge in [-0.2, -0.15) is 0 Å². The lowest BCUT2D eigenvalue weighted by Gasteiger charge is -2.22. The van der Waals surface area contributed by atoms with E-state index in [1.807, 2.05) is 0 Å². The zero-order valence-electron chi connectivity index (χ0n) is 14.7. The molecule has 0 bridgehead atoms. The van der Waals surface area contributed by atoms with Crippen LogP contribution >= 0.6 is 0 Å². The van der Waals surface area contributed by atoms with Crippen molar-refractivity contribution in [2.75, 3.05) is 0 Å². The molecule has 1 aromatic carbocycles. The maximum Gasteiger partial charge on any atom is -0.0245 e. The van der Waals surface area contributed by atoms with Crippen LogP contribution in [0.2, 0.25) is 0 Å². The molecular weight excluding hydrogens is 252 g/mol. The van der Waals surface area contributed by atoms with Crippen molar-refractivity contribution in [1.29, 1.82) is 0 Å². The van der Waals surface area contributed by atoms with Crippen molar-refractivity contribution < 1.29 is 0 Å². The summed E-state index contributed by atoms with van der Waals surface area (Å²) in [7, 11) is 0. The van der Waals surface area contributed by atoms with Gasteiger partial charge in [-0.1, -0.05) is 57.2 Å². The molecule has 1 aromatic rings. The molecule has 0 N–H and O–H groups in total. The normalized spacial score (nSPS) is 15.0. The lowest BCUT2D eigenvalue weighted by Crippen LogP contribution is -2.13. The predicted octanol–water partition coefficient (Wildman–Crippen LogP) is 6.20. The molecule has 2 unspecified atom stereocenters. The molecule has 0 aliphatic heterocycles. The molecule has 0 saturated heterocycles. The fourth-order valence-electron chi connectivity index (χ4n) is 2.94. The number of allylic oxidation sites excluding steroid dienone is 4. The van der Waals surface area contributed by atoms with Crippen molar-refractivity contribution in [2.45, 2.75) is 60.8 Å². The van der Waals surface area contributed by atoms with E-state index in [0.717, 1.165) is 18.8 Å². The van der Waals surface area contributed by atoms with Crippen molar-refractivity contribution >= 4 is 0 Å². The van der Waals surface area contributed by atoms with Gasteiger partial charge in [-0.3, -0.25) is 0 Å². The average Bonchev–Trinajstić information content (AvgIpc) is 2.47. The first-order chi connectivity index (χ1) is 10.0. The van der Waals surface area contributed by atoms with Crippen LogP contribution in [0, 0.1) is 25.7 Å². The summed E-state index contributed by atoms with van der Waals surface area (Å²) in [5, 5.41) is 0. The monoisotopic (exact) mass is 284 g/mol. The molecule has 0 heterocycles. The van der Waals surface area contributed by atoms with E-state index in [1.54, 1.807) is 11.1 Å². The highest BCUT2D eigenvalue weighted by molar-refractivity contribution is 5.40. The summed E-state index contributed by atoms with van der Waals surface area (Å²) in [6, 6.07) is 4.55. The second-order valence-corrected chi connectivity index (χ2v) is 6.36. The van der Waals surface area contributed by atoms with Gasteiger partial charge in [0.05, 0.1) is 0 Å². The number of rotatable bonds is 7. The fourth-order valence-corrected chi connectivity index (χ4v) is 2.94. The first-order valence-corrected chi connectivity index (χ1v) is 8.37. The van der Waals surface area contributed by atoms with Crippen LogP contribution in [0.5, 0.6) is 0 Å². The van der Waals surface area contributed by atoms with Gasteiger partial charge in [0.25, 0.3) is 0 Å². The van der Waals surface area contributed by atoms with Crippen LogP contribution in [0.25, 0.3) is 0 Å². The standard InChI is InChI=1S/C21H32/c1-7-9-10-11-12-16(3)19(6)15-21-18(5)14-13-17(4)20(21)8-2/h7,9-11,13-14,16,19H,8,12,15H2,1-6H3/b9-7-,11-10?. The fraction of sp³-hybridized carbons (Fsp3) is 0.524. The summed E-state index contributed by atoms with van der Waals surface area (Å²) in [5.41, 5.74) is 6.07. The quantitative estimate of drug-likeness (QED) is 0.523. The highest BCUT2D eigenvalue weighted by Gasteiger charge is 2.15. The van der Waals surface area contributed by atoms with E-state index >= 15 is 0 Å². The zero-order valence-corrected chi connectivity index (χ0v) is 14.7. The van der Waals surface area contributed by atoms with E-state index in [4.69, 9.17) is 0 Å². The maximum absolute atomic E-state index is 2.40. The van der Waals surface area contributed by atoms with E-state index in [2.05, 4.69) is 78.0 Å². The summed E-state index contributed by atoms with van der Waals surface area (Å²) in [6.45, 7) is 13.6. The molecule has 0 aromatic heterocycles. The van der Waals surface area contributed by atoms with E-state index in [1.165, 1.54) is 17.5 Å². The number of hydrogen-bond acceptors (Lipinski definition) is 0. The van der Waals surface area contributed by atoms with Gasteiger partial charge in [-0.15, -0.1) is 0 Å². The molecule has 0 spiro atoms. The third-order valence-electron chi connectivity index (χ3n) is 4.70. The molecule has 1 rings (SSSR count). The summed E-state index contributed by atoms with van der Waals surface area (Å²) < 4.78 is 0. The molecule has 0 heteroatoms. The maximum atomic E-state index is 2.40. The Kier molecular flexibility index (Phi) is 7.50. The average molecular weight is 284 g/mol. The van der Waals surface area contributed by atoms with Gasteiger partial charge in [-0.05, 0) is 74.1 Å². The predicted molar refractivity (Wildman–Crippen MR) is 95.9 cm³/mol. The van der Waals surface area contributed by atoms with Crippen LogP contribution in [0.1, 0.15) is 56.4 Å². The molecule has 0 radical (unpaired) electrons. The van der Waals surface area contributed by atoms with Gasteiger partial charge in [-0.25, -0.2) is 0 Å². The smallest absolute Gasteiger partial charge is 0.0245 e. The zero-order chi connectivity index (χ0) is 15.8.